The van der Waals surface area contributed by atoms with E-state index in [2.05, 4.69) is 22.0 Å². The number of rotatable bonds is 4. The molecule has 0 aromatic carbocycles. The first kappa shape index (κ1) is 14.6. The topological polar surface area (TPSA) is 58.2 Å². The normalized spacial score (nSPS) is 26.0. The molecule has 116 valence electrons. The predicted octanol–water partition coefficient (Wildman–Crippen LogP) is 1.99. The van der Waals surface area contributed by atoms with Gasteiger partial charge in [0.2, 0.25) is 5.91 Å². The van der Waals surface area contributed by atoms with Gasteiger partial charge < -0.3 is 9.64 Å². The number of nitrogens with zero attached hydrogens (tertiary/aromatic N) is 2. The summed E-state index contributed by atoms with van der Waals surface area (Å²) in [6, 6.07) is 0. The Bertz CT molecular complexity index is 498. The van der Waals surface area contributed by atoms with E-state index in [1.165, 1.54) is 5.56 Å². The maximum absolute atomic E-state index is 12.1. The minimum absolute atomic E-state index is 0.245. The molecule has 0 aliphatic carbocycles. The van der Waals surface area contributed by atoms with Gasteiger partial charge in [0, 0.05) is 37.2 Å². The second-order valence-corrected chi connectivity index (χ2v) is 6.63. The molecule has 1 aromatic rings. The van der Waals surface area contributed by atoms with Gasteiger partial charge in [-0.2, -0.15) is 5.10 Å². The third-order valence-electron chi connectivity index (χ3n) is 5.07. The van der Waals surface area contributed by atoms with Crippen molar-refractivity contribution in [3.8, 4) is 0 Å². The fraction of sp³-hybridized carbons (Fsp3) is 0.750. The first-order valence-corrected chi connectivity index (χ1v) is 7.96. The van der Waals surface area contributed by atoms with Crippen LogP contribution in [0.25, 0.3) is 0 Å². The van der Waals surface area contributed by atoms with Crippen LogP contribution in [0.4, 0.5) is 0 Å². The molecule has 3 rings (SSSR count). The number of hydrogen-bond donors (Lipinski definition) is 1. The smallest absolute Gasteiger partial charge is 0.222 e. The number of likely N-dealkylation sites (tertiary alicyclic amines) is 1. The molecule has 5 heteroatoms. The molecule has 5 nitrogen and oxygen atoms in total. The molecule has 21 heavy (non-hydrogen) atoms. The van der Waals surface area contributed by atoms with Gasteiger partial charge in [0.15, 0.2) is 0 Å². The maximum Gasteiger partial charge on any atom is 0.222 e. The third kappa shape index (κ3) is 2.98. The van der Waals surface area contributed by atoms with Crippen LogP contribution in [0.5, 0.6) is 0 Å². The molecule has 1 amide bonds. The van der Waals surface area contributed by atoms with Crippen molar-refractivity contribution in [2.75, 3.05) is 26.3 Å². The summed E-state index contributed by atoms with van der Waals surface area (Å²) in [4.78, 5) is 14.2. The van der Waals surface area contributed by atoms with Crippen molar-refractivity contribution in [1.82, 2.24) is 15.1 Å². The van der Waals surface area contributed by atoms with Crippen LogP contribution >= 0.6 is 0 Å². The summed E-state index contributed by atoms with van der Waals surface area (Å²) < 4.78 is 5.57. The predicted molar refractivity (Wildman–Crippen MR) is 80.1 cm³/mol. The highest BCUT2D eigenvalue weighted by atomic mass is 16.5. The van der Waals surface area contributed by atoms with E-state index in [0.717, 1.165) is 63.4 Å². The van der Waals surface area contributed by atoms with Gasteiger partial charge in [0.05, 0.1) is 12.3 Å². The SMILES string of the molecule is Cc1n[nH]c(C)c1CCCN1C[C@]2(CCOC2)CCC1=O. The lowest BCUT2D eigenvalue weighted by Gasteiger charge is -2.39. The molecule has 1 spiro atoms. The van der Waals surface area contributed by atoms with E-state index in [4.69, 9.17) is 4.74 Å². The van der Waals surface area contributed by atoms with Crippen LogP contribution in [0.2, 0.25) is 0 Å². The highest BCUT2D eigenvalue weighted by Gasteiger charge is 2.41. The molecule has 0 bridgehead atoms. The Balaban J connectivity index is 1.55. The summed E-state index contributed by atoms with van der Waals surface area (Å²) in [5, 5.41) is 7.26. The average Bonchev–Trinajstić information content (AvgIpc) is 3.04. The van der Waals surface area contributed by atoms with Crippen molar-refractivity contribution in [3.05, 3.63) is 17.0 Å². The quantitative estimate of drug-likeness (QED) is 0.923. The standard InChI is InChI=1S/C16H25N3O2/c1-12-14(13(2)18-17-12)4-3-8-19-10-16(6-5-15(19)20)7-9-21-11-16/h3-11H2,1-2H3,(H,17,18)/t16-/m1/s1. The van der Waals surface area contributed by atoms with Crippen molar-refractivity contribution in [2.24, 2.45) is 5.41 Å². The van der Waals surface area contributed by atoms with E-state index in [0.29, 0.717) is 12.3 Å². The number of carbonyl (C=O) groups excluding carboxylic acids is 1. The van der Waals surface area contributed by atoms with Crippen LogP contribution in [0.3, 0.4) is 0 Å². The molecule has 1 N–H and O–H groups in total. The Labute approximate surface area is 126 Å². The summed E-state index contributed by atoms with van der Waals surface area (Å²) in [5.74, 6) is 0.313. The minimum Gasteiger partial charge on any atom is -0.381 e. The number of aromatic amines is 1. The summed E-state index contributed by atoms with van der Waals surface area (Å²) in [7, 11) is 0. The number of hydrogen-bond acceptors (Lipinski definition) is 3. The Morgan fingerprint density at radius 2 is 2.24 bits per heavy atom. The summed E-state index contributed by atoms with van der Waals surface area (Å²) in [5.41, 5.74) is 3.78. The average molecular weight is 291 g/mol. The highest BCUT2D eigenvalue weighted by Crippen LogP contribution is 2.38. The fourth-order valence-electron chi connectivity index (χ4n) is 3.67. The number of nitrogens with one attached hydrogen (secondary N) is 1. The van der Waals surface area contributed by atoms with Gasteiger partial charge in [-0.3, -0.25) is 9.89 Å². The third-order valence-corrected chi connectivity index (χ3v) is 5.07. The number of aromatic nitrogens is 2. The first-order chi connectivity index (χ1) is 10.1. The molecule has 2 saturated heterocycles. The monoisotopic (exact) mass is 291 g/mol. The van der Waals surface area contributed by atoms with Crippen LogP contribution < -0.4 is 0 Å². The second kappa shape index (κ2) is 5.79. The molecular weight excluding hydrogens is 266 g/mol. The number of H-pyrrole nitrogens is 1. The second-order valence-electron chi connectivity index (χ2n) is 6.63. The lowest BCUT2D eigenvalue weighted by molar-refractivity contribution is -0.137. The van der Waals surface area contributed by atoms with Crippen molar-refractivity contribution in [2.45, 2.75) is 46.0 Å². The van der Waals surface area contributed by atoms with E-state index in [9.17, 15) is 4.79 Å². The van der Waals surface area contributed by atoms with Gasteiger partial charge in [0.25, 0.3) is 0 Å². The van der Waals surface area contributed by atoms with Gasteiger partial charge >= 0.3 is 0 Å². The first-order valence-electron chi connectivity index (χ1n) is 7.96. The summed E-state index contributed by atoms with van der Waals surface area (Å²) >= 11 is 0. The van der Waals surface area contributed by atoms with Crippen molar-refractivity contribution < 1.29 is 9.53 Å². The summed E-state index contributed by atoms with van der Waals surface area (Å²) in [6.45, 7) is 7.52. The van der Waals surface area contributed by atoms with Gasteiger partial charge in [-0.1, -0.05) is 0 Å². The Morgan fingerprint density at radius 3 is 2.90 bits per heavy atom. The number of aryl methyl sites for hydroxylation is 2. The van der Waals surface area contributed by atoms with Crippen molar-refractivity contribution in [3.63, 3.8) is 0 Å². The van der Waals surface area contributed by atoms with Crippen LogP contribution in [0.1, 0.15) is 42.6 Å². The van der Waals surface area contributed by atoms with E-state index in [1.807, 2.05) is 6.92 Å². The minimum atomic E-state index is 0.245. The number of ether oxygens (including phenoxy) is 1. The van der Waals surface area contributed by atoms with Gasteiger partial charge in [-0.25, -0.2) is 0 Å². The number of amides is 1. The largest absolute Gasteiger partial charge is 0.381 e. The maximum atomic E-state index is 12.1. The fourth-order valence-corrected chi connectivity index (χ4v) is 3.67. The van der Waals surface area contributed by atoms with Crippen LogP contribution in [-0.4, -0.2) is 47.3 Å². The molecule has 0 saturated carbocycles. The molecule has 2 fully saturated rings. The Kier molecular flexibility index (Phi) is 4.02. The van der Waals surface area contributed by atoms with Gasteiger partial charge in [-0.15, -0.1) is 0 Å². The van der Waals surface area contributed by atoms with Gasteiger partial charge in [0.1, 0.15) is 0 Å². The Morgan fingerprint density at radius 1 is 1.38 bits per heavy atom. The molecular formula is C16H25N3O2. The lowest BCUT2D eigenvalue weighted by Crippen LogP contribution is -2.47. The van der Waals surface area contributed by atoms with E-state index < -0.39 is 0 Å². The summed E-state index contributed by atoms with van der Waals surface area (Å²) in [6.07, 6.45) is 4.79. The van der Waals surface area contributed by atoms with Crippen LogP contribution in [0.15, 0.2) is 0 Å². The van der Waals surface area contributed by atoms with Crippen molar-refractivity contribution in [1.29, 1.82) is 0 Å². The zero-order valence-electron chi connectivity index (χ0n) is 13.1. The van der Waals surface area contributed by atoms with Crippen LogP contribution in [-0.2, 0) is 16.0 Å². The number of piperidine rings is 1. The zero-order valence-corrected chi connectivity index (χ0v) is 13.1. The van der Waals surface area contributed by atoms with Crippen LogP contribution in [0, 0.1) is 19.3 Å². The molecule has 1 aromatic heterocycles. The van der Waals surface area contributed by atoms with Crippen molar-refractivity contribution >= 4 is 5.91 Å². The van der Waals surface area contributed by atoms with Gasteiger partial charge in [-0.05, 0) is 45.1 Å². The molecule has 1 atom stereocenters. The number of carbonyl (C=O) groups is 1. The van der Waals surface area contributed by atoms with E-state index in [1.54, 1.807) is 0 Å². The lowest BCUT2D eigenvalue weighted by atomic mass is 9.79. The molecule has 0 unspecified atom stereocenters. The molecule has 3 heterocycles. The van der Waals surface area contributed by atoms with E-state index >= 15 is 0 Å². The highest BCUT2D eigenvalue weighted by molar-refractivity contribution is 5.77. The molecule has 2 aliphatic heterocycles. The van der Waals surface area contributed by atoms with E-state index in [-0.39, 0.29) is 5.41 Å². The Hall–Kier alpha value is -1.36. The zero-order chi connectivity index (χ0) is 14.9. The molecule has 2 aliphatic rings. The molecule has 0 radical (unpaired) electrons.